The molecule has 1 atom stereocenters. The van der Waals surface area contributed by atoms with Gasteiger partial charge >= 0.3 is 0 Å². The molecule has 0 saturated carbocycles. The molecule has 1 aliphatic rings. The Labute approximate surface area is 121 Å². The van der Waals surface area contributed by atoms with Gasteiger partial charge in [0, 0.05) is 36.1 Å². The Bertz CT molecular complexity index is 427. The van der Waals surface area contributed by atoms with Crippen molar-refractivity contribution in [3.8, 4) is 0 Å². The molecule has 2 rings (SSSR count). The molecule has 1 aliphatic heterocycles. The second-order valence-corrected chi connectivity index (χ2v) is 6.74. The standard InChI is InChI=1S/C13H19BrN2OS/c1-3-5-16-8-10(14)7-12(16)13(17)15(2)11-4-6-18-9-11/h7-8,11H,3-6,9H2,1-2H3. The molecule has 0 spiro atoms. The number of aromatic nitrogens is 1. The van der Waals surface area contributed by atoms with Gasteiger partial charge in [0.25, 0.3) is 5.91 Å². The highest BCUT2D eigenvalue weighted by atomic mass is 79.9. The molecule has 2 heterocycles. The fourth-order valence-electron chi connectivity index (χ4n) is 2.25. The van der Waals surface area contributed by atoms with Gasteiger partial charge < -0.3 is 9.47 Å². The topological polar surface area (TPSA) is 25.2 Å². The normalized spacial score (nSPS) is 19.2. The summed E-state index contributed by atoms with van der Waals surface area (Å²) in [5.74, 6) is 2.38. The van der Waals surface area contributed by atoms with Gasteiger partial charge in [0.05, 0.1) is 0 Å². The highest BCUT2D eigenvalue weighted by Crippen LogP contribution is 2.24. The predicted octanol–water partition coefficient (Wildman–Crippen LogP) is 3.24. The molecule has 1 amide bonds. The highest BCUT2D eigenvalue weighted by Gasteiger charge is 2.26. The quantitative estimate of drug-likeness (QED) is 0.846. The number of hydrogen-bond acceptors (Lipinski definition) is 2. The lowest BCUT2D eigenvalue weighted by Gasteiger charge is -2.24. The number of carbonyl (C=O) groups is 1. The third-order valence-corrected chi connectivity index (χ3v) is 4.90. The maximum atomic E-state index is 12.5. The van der Waals surface area contributed by atoms with E-state index in [1.807, 2.05) is 40.5 Å². The van der Waals surface area contributed by atoms with E-state index in [-0.39, 0.29) is 5.91 Å². The van der Waals surface area contributed by atoms with E-state index in [0.29, 0.717) is 6.04 Å². The van der Waals surface area contributed by atoms with Gasteiger partial charge in [-0.05, 0) is 40.6 Å². The van der Waals surface area contributed by atoms with Gasteiger partial charge in [0.1, 0.15) is 5.69 Å². The average molecular weight is 331 g/mol. The van der Waals surface area contributed by atoms with Crippen LogP contribution in [0, 0.1) is 0 Å². The van der Waals surface area contributed by atoms with Crippen LogP contribution in [-0.2, 0) is 6.54 Å². The molecule has 100 valence electrons. The van der Waals surface area contributed by atoms with Crippen molar-refractivity contribution in [3.05, 3.63) is 22.4 Å². The Kier molecular flexibility index (Phi) is 4.78. The molecule has 1 saturated heterocycles. The average Bonchev–Trinajstić information content (AvgIpc) is 2.97. The molecule has 18 heavy (non-hydrogen) atoms. The SMILES string of the molecule is CCCn1cc(Br)cc1C(=O)N(C)C1CCSC1. The summed E-state index contributed by atoms with van der Waals surface area (Å²) >= 11 is 5.39. The number of aryl methyl sites for hydroxylation is 1. The molecule has 0 N–H and O–H groups in total. The lowest BCUT2D eigenvalue weighted by molar-refractivity contribution is 0.0737. The Morgan fingerprint density at radius 3 is 3.06 bits per heavy atom. The van der Waals surface area contributed by atoms with E-state index in [2.05, 4.69) is 22.9 Å². The van der Waals surface area contributed by atoms with Crippen LogP contribution in [0.4, 0.5) is 0 Å². The third kappa shape index (κ3) is 2.94. The molecule has 0 bridgehead atoms. The minimum atomic E-state index is 0.140. The van der Waals surface area contributed by atoms with Crippen LogP contribution in [-0.4, -0.2) is 40.0 Å². The molecule has 1 fully saturated rings. The predicted molar refractivity (Wildman–Crippen MR) is 80.2 cm³/mol. The van der Waals surface area contributed by atoms with Crippen molar-refractivity contribution in [2.24, 2.45) is 0 Å². The van der Waals surface area contributed by atoms with E-state index in [1.165, 1.54) is 5.75 Å². The van der Waals surface area contributed by atoms with Crippen molar-refractivity contribution >= 4 is 33.6 Å². The van der Waals surface area contributed by atoms with Crippen LogP contribution in [0.25, 0.3) is 0 Å². The van der Waals surface area contributed by atoms with Gasteiger partial charge in [0.2, 0.25) is 0 Å². The first-order valence-corrected chi connectivity index (χ1v) is 8.28. The van der Waals surface area contributed by atoms with E-state index in [1.54, 1.807) is 0 Å². The number of amides is 1. The lowest BCUT2D eigenvalue weighted by Crippen LogP contribution is -2.37. The summed E-state index contributed by atoms with van der Waals surface area (Å²) in [6.45, 7) is 3.01. The number of nitrogens with zero attached hydrogens (tertiary/aromatic N) is 2. The van der Waals surface area contributed by atoms with Gasteiger partial charge in [0.15, 0.2) is 0 Å². The van der Waals surface area contributed by atoms with Crippen LogP contribution in [0.15, 0.2) is 16.7 Å². The summed E-state index contributed by atoms with van der Waals surface area (Å²) in [4.78, 5) is 14.4. The number of rotatable bonds is 4. The molecular weight excluding hydrogens is 312 g/mol. The summed E-state index contributed by atoms with van der Waals surface area (Å²) in [6.07, 6.45) is 4.14. The van der Waals surface area contributed by atoms with Crippen molar-refractivity contribution in [3.63, 3.8) is 0 Å². The van der Waals surface area contributed by atoms with Crippen molar-refractivity contribution < 1.29 is 4.79 Å². The zero-order valence-electron chi connectivity index (χ0n) is 10.9. The maximum absolute atomic E-state index is 12.5. The molecule has 1 unspecified atom stereocenters. The van der Waals surface area contributed by atoms with E-state index in [9.17, 15) is 4.79 Å². The largest absolute Gasteiger partial charge is 0.342 e. The van der Waals surface area contributed by atoms with Crippen LogP contribution in [0.3, 0.4) is 0 Å². The van der Waals surface area contributed by atoms with Crippen LogP contribution in [0.1, 0.15) is 30.3 Å². The lowest BCUT2D eigenvalue weighted by atomic mass is 10.2. The first-order valence-electron chi connectivity index (χ1n) is 6.34. The maximum Gasteiger partial charge on any atom is 0.270 e. The van der Waals surface area contributed by atoms with E-state index in [4.69, 9.17) is 0 Å². The highest BCUT2D eigenvalue weighted by molar-refractivity contribution is 9.10. The summed E-state index contributed by atoms with van der Waals surface area (Å²) in [7, 11) is 1.93. The summed E-state index contributed by atoms with van der Waals surface area (Å²) in [5.41, 5.74) is 0.795. The Morgan fingerprint density at radius 1 is 1.67 bits per heavy atom. The Hall–Kier alpha value is -0.420. The van der Waals surface area contributed by atoms with Crippen molar-refractivity contribution in [1.82, 2.24) is 9.47 Å². The van der Waals surface area contributed by atoms with Crippen LogP contribution in [0.5, 0.6) is 0 Å². The minimum absolute atomic E-state index is 0.140. The first-order chi connectivity index (χ1) is 8.63. The molecule has 1 aromatic rings. The van der Waals surface area contributed by atoms with E-state index < -0.39 is 0 Å². The van der Waals surface area contributed by atoms with Gasteiger partial charge in [-0.25, -0.2) is 0 Å². The summed E-state index contributed by atoms with van der Waals surface area (Å²) < 4.78 is 3.03. The molecule has 3 nitrogen and oxygen atoms in total. The molecule has 1 aromatic heterocycles. The Balaban J connectivity index is 2.16. The van der Waals surface area contributed by atoms with E-state index in [0.717, 1.165) is 35.3 Å². The second kappa shape index (κ2) is 6.15. The van der Waals surface area contributed by atoms with Gasteiger partial charge in [-0.15, -0.1) is 0 Å². The number of carbonyl (C=O) groups excluding carboxylic acids is 1. The van der Waals surface area contributed by atoms with Crippen LogP contribution < -0.4 is 0 Å². The molecule has 0 aliphatic carbocycles. The van der Waals surface area contributed by atoms with Crippen molar-refractivity contribution in [1.29, 1.82) is 0 Å². The van der Waals surface area contributed by atoms with Crippen molar-refractivity contribution in [2.45, 2.75) is 32.4 Å². The van der Waals surface area contributed by atoms with Crippen molar-refractivity contribution in [2.75, 3.05) is 18.6 Å². The van der Waals surface area contributed by atoms with Gasteiger partial charge in [-0.3, -0.25) is 4.79 Å². The Morgan fingerprint density at radius 2 is 2.44 bits per heavy atom. The monoisotopic (exact) mass is 330 g/mol. The van der Waals surface area contributed by atoms with Crippen LogP contribution >= 0.6 is 27.7 Å². The number of halogens is 1. The second-order valence-electron chi connectivity index (χ2n) is 4.67. The first kappa shape index (κ1) is 14.0. The summed E-state index contributed by atoms with van der Waals surface area (Å²) in [5, 5.41) is 0. The molecule has 0 aromatic carbocycles. The fourth-order valence-corrected chi connectivity index (χ4v) is 3.99. The summed E-state index contributed by atoms with van der Waals surface area (Å²) in [6, 6.07) is 2.32. The minimum Gasteiger partial charge on any atom is -0.342 e. The smallest absolute Gasteiger partial charge is 0.270 e. The number of hydrogen-bond donors (Lipinski definition) is 0. The zero-order valence-corrected chi connectivity index (χ0v) is 13.3. The van der Waals surface area contributed by atoms with Gasteiger partial charge in [-0.1, -0.05) is 6.92 Å². The molecular formula is C13H19BrN2OS. The molecule has 0 radical (unpaired) electrons. The van der Waals surface area contributed by atoms with Gasteiger partial charge in [-0.2, -0.15) is 11.8 Å². The fraction of sp³-hybridized carbons (Fsp3) is 0.615. The van der Waals surface area contributed by atoms with Crippen LogP contribution in [0.2, 0.25) is 0 Å². The number of thioether (sulfide) groups is 1. The third-order valence-electron chi connectivity index (χ3n) is 3.32. The van der Waals surface area contributed by atoms with E-state index >= 15 is 0 Å². The zero-order chi connectivity index (χ0) is 13.1. The molecule has 5 heteroatoms.